The van der Waals surface area contributed by atoms with Gasteiger partial charge in [-0.3, -0.25) is 0 Å². The van der Waals surface area contributed by atoms with Gasteiger partial charge in [-0.25, -0.2) is 4.79 Å². The van der Waals surface area contributed by atoms with E-state index in [0.717, 1.165) is 6.42 Å². The van der Waals surface area contributed by atoms with Crippen LogP contribution in [0, 0.1) is 0 Å². The molecule has 0 bridgehead atoms. The van der Waals surface area contributed by atoms with Crippen LogP contribution < -0.4 is 10.1 Å². The summed E-state index contributed by atoms with van der Waals surface area (Å²) < 4.78 is 5.15. The highest BCUT2D eigenvalue weighted by atomic mass is 16.5. The number of para-hydroxylation sites is 2. The van der Waals surface area contributed by atoms with Crippen molar-refractivity contribution in [1.82, 2.24) is 0 Å². The molecule has 0 amide bonds. The third-order valence-electron chi connectivity index (χ3n) is 2.31. The second-order valence-electron chi connectivity index (χ2n) is 3.52. The highest BCUT2D eigenvalue weighted by molar-refractivity contribution is 5.78. The van der Waals surface area contributed by atoms with Gasteiger partial charge in [-0.1, -0.05) is 25.5 Å². The Morgan fingerprint density at radius 2 is 2.19 bits per heavy atom. The van der Waals surface area contributed by atoms with Crippen LogP contribution in [0.3, 0.4) is 0 Å². The first kappa shape index (κ1) is 12.4. The standard InChI is InChI=1S/C12H17NO3/c1-3-6-10(12(14)15)13-9-7-4-5-8-11(9)16-2/h4-5,7-8,10,13H,3,6H2,1-2H3,(H,14,15)/t10-/m0/s1. The third kappa shape index (κ3) is 3.15. The van der Waals surface area contributed by atoms with Gasteiger partial charge >= 0.3 is 5.97 Å². The van der Waals surface area contributed by atoms with Crippen molar-refractivity contribution >= 4 is 11.7 Å². The molecule has 4 heteroatoms. The minimum Gasteiger partial charge on any atom is -0.495 e. The molecule has 0 radical (unpaired) electrons. The molecule has 1 atom stereocenters. The molecule has 2 N–H and O–H groups in total. The van der Waals surface area contributed by atoms with Crippen LogP contribution >= 0.6 is 0 Å². The van der Waals surface area contributed by atoms with Gasteiger partial charge in [0.05, 0.1) is 12.8 Å². The van der Waals surface area contributed by atoms with E-state index in [1.807, 2.05) is 25.1 Å². The molecule has 0 heterocycles. The van der Waals surface area contributed by atoms with E-state index in [0.29, 0.717) is 17.9 Å². The van der Waals surface area contributed by atoms with Gasteiger partial charge in [-0.05, 0) is 18.6 Å². The van der Waals surface area contributed by atoms with Gasteiger partial charge in [-0.2, -0.15) is 0 Å². The van der Waals surface area contributed by atoms with E-state index in [1.165, 1.54) is 0 Å². The Bertz CT molecular complexity index is 352. The first-order valence-corrected chi connectivity index (χ1v) is 5.31. The molecular formula is C12H17NO3. The summed E-state index contributed by atoms with van der Waals surface area (Å²) in [5.74, 6) is -0.183. The summed E-state index contributed by atoms with van der Waals surface area (Å²) in [5.41, 5.74) is 0.714. The van der Waals surface area contributed by atoms with Gasteiger partial charge in [-0.15, -0.1) is 0 Å². The van der Waals surface area contributed by atoms with Crippen molar-refractivity contribution < 1.29 is 14.6 Å². The molecule has 1 aromatic rings. The number of rotatable bonds is 6. The van der Waals surface area contributed by atoms with Crippen LogP contribution in [-0.4, -0.2) is 24.2 Å². The lowest BCUT2D eigenvalue weighted by molar-refractivity contribution is -0.138. The summed E-state index contributed by atoms with van der Waals surface area (Å²) in [7, 11) is 1.57. The SMILES string of the molecule is CCC[C@H](Nc1ccccc1OC)C(=O)O. The van der Waals surface area contributed by atoms with Crippen LogP contribution in [0.15, 0.2) is 24.3 Å². The molecule has 0 spiro atoms. The van der Waals surface area contributed by atoms with E-state index in [4.69, 9.17) is 9.84 Å². The van der Waals surface area contributed by atoms with Crippen LogP contribution in [0.1, 0.15) is 19.8 Å². The summed E-state index contributed by atoms with van der Waals surface area (Å²) in [5, 5.41) is 12.0. The summed E-state index contributed by atoms with van der Waals surface area (Å²) >= 11 is 0. The number of nitrogens with one attached hydrogen (secondary N) is 1. The van der Waals surface area contributed by atoms with Crippen molar-refractivity contribution in [2.75, 3.05) is 12.4 Å². The average Bonchev–Trinajstić information content (AvgIpc) is 2.29. The van der Waals surface area contributed by atoms with Gasteiger partial charge in [0.2, 0.25) is 0 Å². The maximum absolute atomic E-state index is 11.0. The quantitative estimate of drug-likeness (QED) is 0.777. The fraction of sp³-hybridized carbons (Fsp3) is 0.417. The Morgan fingerprint density at radius 3 is 2.75 bits per heavy atom. The number of carboxylic acids is 1. The Kier molecular flexibility index (Phi) is 4.64. The van der Waals surface area contributed by atoms with E-state index in [9.17, 15) is 4.79 Å². The molecule has 4 nitrogen and oxygen atoms in total. The van der Waals surface area contributed by atoms with Gasteiger partial charge in [0.1, 0.15) is 11.8 Å². The molecule has 1 aromatic carbocycles. The van der Waals surface area contributed by atoms with E-state index in [1.54, 1.807) is 13.2 Å². The minimum atomic E-state index is -0.840. The van der Waals surface area contributed by atoms with Crippen molar-refractivity contribution in [1.29, 1.82) is 0 Å². The smallest absolute Gasteiger partial charge is 0.326 e. The number of hydrogen-bond acceptors (Lipinski definition) is 3. The number of anilines is 1. The van der Waals surface area contributed by atoms with Crippen LogP contribution in [0.2, 0.25) is 0 Å². The molecule has 0 fully saturated rings. The van der Waals surface area contributed by atoms with E-state index < -0.39 is 12.0 Å². The average molecular weight is 223 g/mol. The van der Waals surface area contributed by atoms with E-state index in [-0.39, 0.29) is 0 Å². The first-order chi connectivity index (χ1) is 7.69. The molecular weight excluding hydrogens is 206 g/mol. The molecule has 0 saturated heterocycles. The summed E-state index contributed by atoms with van der Waals surface area (Å²) in [6.07, 6.45) is 1.41. The van der Waals surface area contributed by atoms with Gasteiger partial charge in [0.15, 0.2) is 0 Å². The van der Waals surface area contributed by atoms with Crippen molar-refractivity contribution in [3.05, 3.63) is 24.3 Å². The number of ether oxygens (including phenoxy) is 1. The molecule has 0 aliphatic heterocycles. The fourth-order valence-electron chi connectivity index (χ4n) is 1.50. The molecule has 0 aliphatic carbocycles. The van der Waals surface area contributed by atoms with Crippen LogP contribution in [0.4, 0.5) is 5.69 Å². The molecule has 0 aromatic heterocycles. The second-order valence-corrected chi connectivity index (χ2v) is 3.52. The zero-order valence-electron chi connectivity index (χ0n) is 9.56. The van der Waals surface area contributed by atoms with Crippen molar-refractivity contribution in [2.45, 2.75) is 25.8 Å². The number of aliphatic carboxylic acids is 1. The maximum atomic E-state index is 11.0. The molecule has 16 heavy (non-hydrogen) atoms. The first-order valence-electron chi connectivity index (χ1n) is 5.31. The molecule has 0 saturated carbocycles. The highest BCUT2D eigenvalue weighted by Gasteiger charge is 2.17. The fourth-order valence-corrected chi connectivity index (χ4v) is 1.50. The third-order valence-corrected chi connectivity index (χ3v) is 2.31. The molecule has 88 valence electrons. The maximum Gasteiger partial charge on any atom is 0.326 e. The van der Waals surface area contributed by atoms with Gasteiger partial charge in [0, 0.05) is 0 Å². The zero-order chi connectivity index (χ0) is 12.0. The monoisotopic (exact) mass is 223 g/mol. The van der Waals surface area contributed by atoms with Crippen LogP contribution in [0.25, 0.3) is 0 Å². The van der Waals surface area contributed by atoms with Crippen molar-refractivity contribution in [3.8, 4) is 5.75 Å². The number of benzene rings is 1. The van der Waals surface area contributed by atoms with Crippen molar-refractivity contribution in [2.24, 2.45) is 0 Å². The summed E-state index contributed by atoms with van der Waals surface area (Å²) in [4.78, 5) is 11.0. The number of methoxy groups -OCH3 is 1. The largest absolute Gasteiger partial charge is 0.495 e. The lowest BCUT2D eigenvalue weighted by Gasteiger charge is -2.16. The second kappa shape index (κ2) is 6.00. The normalized spacial score (nSPS) is 11.9. The van der Waals surface area contributed by atoms with E-state index in [2.05, 4.69) is 5.32 Å². The molecule has 0 unspecified atom stereocenters. The minimum absolute atomic E-state index is 0.568. The van der Waals surface area contributed by atoms with E-state index >= 15 is 0 Å². The highest BCUT2D eigenvalue weighted by Crippen LogP contribution is 2.24. The van der Waals surface area contributed by atoms with Crippen LogP contribution in [-0.2, 0) is 4.79 Å². The lowest BCUT2D eigenvalue weighted by Crippen LogP contribution is -2.29. The molecule has 0 aliphatic rings. The van der Waals surface area contributed by atoms with Gasteiger partial charge in [0.25, 0.3) is 0 Å². The Labute approximate surface area is 95.2 Å². The van der Waals surface area contributed by atoms with Crippen LogP contribution in [0.5, 0.6) is 5.75 Å². The molecule has 1 rings (SSSR count). The Balaban J connectivity index is 2.80. The topological polar surface area (TPSA) is 58.6 Å². The zero-order valence-corrected chi connectivity index (χ0v) is 9.56. The summed E-state index contributed by atoms with van der Waals surface area (Å²) in [6.45, 7) is 1.96. The number of carboxylic acid groups (broad SMARTS) is 1. The number of hydrogen-bond donors (Lipinski definition) is 2. The number of carbonyl (C=O) groups is 1. The summed E-state index contributed by atoms with van der Waals surface area (Å²) in [6, 6.07) is 6.73. The van der Waals surface area contributed by atoms with Crippen molar-refractivity contribution in [3.63, 3.8) is 0 Å². The Morgan fingerprint density at radius 1 is 1.50 bits per heavy atom. The predicted octanol–water partition coefficient (Wildman–Crippen LogP) is 2.36. The Hall–Kier alpha value is -1.71. The van der Waals surface area contributed by atoms with Gasteiger partial charge < -0.3 is 15.2 Å². The lowest BCUT2D eigenvalue weighted by atomic mass is 10.1. The predicted molar refractivity (Wildman–Crippen MR) is 62.9 cm³/mol.